The summed E-state index contributed by atoms with van der Waals surface area (Å²) in [6.07, 6.45) is 5.57. The van der Waals surface area contributed by atoms with Crippen molar-refractivity contribution in [3.05, 3.63) is 30.1 Å². The SMILES string of the molecule is CCCCN(CC(N)=O)C(c1ccncc1)C(C)N. The molecule has 1 rings (SSSR count). The Morgan fingerprint density at radius 3 is 2.53 bits per heavy atom. The maximum absolute atomic E-state index is 11.3. The molecule has 0 saturated heterocycles. The first kappa shape index (κ1) is 15.6. The highest BCUT2D eigenvalue weighted by Crippen LogP contribution is 2.23. The lowest BCUT2D eigenvalue weighted by Crippen LogP contribution is -2.44. The first-order chi connectivity index (χ1) is 9.06. The molecular formula is C14H24N4O. The van der Waals surface area contributed by atoms with E-state index in [-0.39, 0.29) is 24.5 Å². The lowest BCUT2D eigenvalue weighted by Gasteiger charge is -2.33. The molecule has 106 valence electrons. The average molecular weight is 264 g/mol. The molecular weight excluding hydrogens is 240 g/mol. The molecule has 0 aromatic carbocycles. The molecule has 0 radical (unpaired) electrons. The fraction of sp³-hybridized carbons (Fsp3) is 0.571. The van der Waals surface area contributed by atoms with Crippen molar-refractivity contribution in [2.24, 2.45) is 11.5 Å². The molecule has 2 unspecified atom stereocenters. The molecule has 1 amide bonds. The van der Waals surface area contributed by atoms with Crippen molar-refractivity contribution in [2.75, 3.05) is 13.1 Å². The number of amides is 1. The molecule has 1 aromatic rings. The van der Waals surface area contributed by atoms with Gasteiger partial charge in [-0.15, -0.1) is 0 Å². The van der Waals surface area contributed by atoms with Crippen molar-refractivity contribution in [1.82, 2.24) is 9.88 Å². The van der Waals surface area contributed by atoms with Gasteiger partial charge in [0.05, 0.1) is 12.6 Å². The van der Waals surface area contributed by atoms with Gasteiger partial charge in [0, 0.05) is 18.4 Å². The van der Waals surface area contributed by atoms with E-state index >= 15 is 0 Å². The van der Waals surface area contributed by atoms with E-state index in [0.29, 0.717) is 0 Å². The zero-order valence-corrected chi connectivity index (χ0v) is 11.7. The van der Waals surface area contributed by atoms with Gasteiger partial charge in [-0.3, -0.25) is 14.7 Å². The third kappa shape index (κ3) is 4.96. The van der Waals surface area contributed by atoms with Crippen LogP contribution >= 0.6 is 0 Å². The summed E-state index contributed by atoms with van der Waals surface area (Å²) < 4.78 is 0. The molecule has 1 aromatic heterocycles. The van der Waals surface area contributed by atoms with Crippen molar-refractivity contribution >= 4 is 5.91 Å². The standard InChI is InChI=1S/C14H24N4O/c1-3-4-9-18(10-13(16)19)14(11(2)15)12-5-7-17-8-6-12/h5-8,11,14H,3-4,9-10,15H2,1-2H3,(H2,16,19). The molecule has 0 bridgehead atoms. The number of carbonyl (C=O) groups excluding carboxylic acids is 1. The van der Waals surface area contributed by atoms with Crippen LogP contribution in [0.15, 0.2) is 24.5 Å². The lowest BCUT2D eigenvalue weighted by atomic mass is 9.99. The van der Waals surface area contributed by atoms with Gasteiger partial charge in [-0.05, 0) is 37.6 Å². The number of nitrogens with two attached hydrogens (primary N) is 2. The van der Waals surface area contributed by atoms with Crippen LogP contribution in [0.5, 0.6) is 0 Å². The van der Waals surface area contributed by atoms with E-state index in [4.69, 9.17) is 11.5 Å². The number of carbonyl (C=O) groups is 1. The van der Waals surface area contributed by atoms with Gasteiger partial charge in [0.1, 0.15) is 0 Å². The smallest absolute Gasteiger partial charge is 0.231 e. The summed E-state index contributed by atoms with van der Waals surface area (Å²) in [4.78, 5) is 17.3. The predicted molar refractivity (Wildman–Crippen MR) is 76.3 cm³/mol. The maximum Gasteiger partial charge on any atom is 0.231 e. The fourth-order valence-electron chi connectivity index (χ4n) is 2.29. The van der Waals surface area contributed by atoms with Crippen LogP contribution in [-0.4, -0.2) is 34.9 Å². The first-order valence-corrected chi connectivity index (χ1v) is 6.74. The molecule has 0 saturated carbocycles. The highest BCUT2D eigenvalue weighted by Gasteiger charge is 2.24. The monoisotopic (exact) mass is 264 g/mol. The molecule has 5 nitrogen and oxygen atoms in total. The zero-order chi connectivity index (χ0) is 14.3. The molecule has 0 aliphatic carbocycles. The second-order valence-corrected chi connectivity index (χ2v) is 4.87. The molecule has 0 aliphatic rings. The minimum Gasteiger partial charge on any atom is -0.369 e. The Bertz CT molecular complexity index is 380. The van der Waals surface area contributed by atoms with Gasteiger partial charge < -0.3 is 11.5 Å². The molecule has 0 aliphatic heterocycles. The Balaban J connectivity index is 2.94. The topological polar surface area (TPSA) is 85.2 Å². The third-order valence-corrected chi connectivity index (χ3v) is 3.10. The number of unbranched alkanes of at least 4 members (excludes halogenated alkanes) is 1. The molecule has 0 spiro atoms. The van der Waals surface area contributed by atoms with Crippen LogP contribution in [0.25, 0.3) is 0 Å². The van der Waals surface area contributed by atoms with Gasteiger partial charge in [0.25, 0.3) is 0 Å². The lowest BCUT2D eigenvalue weighted by molar-refractivity contribution is -0.119. The Kier molecular flexibility index (Phi) is 6.45. The largest absolute Gasteiger partial charge is 0.369 e. The number of rotatable bonds is 8. The van der Waals surface area contributed by atoms with Gasteiger partial charge in [-0.2, -0.15) is 0 Å². The van der Waals surface area contributed by atoms with E-state index in [2.05, 4.69) is 16.8 Å². The van der Waals surface area contributed by atoms with Crippen molar-refractivity contribution in [3.63, 3.8) is 0 Å². The van der Waals surface area contributed by atoms with E-state index in [1.807, 2.05) is 19.1 Å². The van der Waals surface area contributed by atoms with Crippen LogP contribution in [0, 0.1) is 0 Å². The number of pyridine rings is 1. The van der Waals surface area contributed by atoms with Gasteiger partial charge in [0.15, 0.2) is 0 Å². The van der Waals surface area contributed by atoms with Gasteiger partial charge in [-0.1, -0.05) is 13.3 Å². The summed E-state index contributed by atoms with van der Waals surface area (Å²) in [5.41, 5.74) is 12.5. The highest BCUT2D eigenvalue weighted by molar-refractivity contribution is 5.76. The van der Waals surface area contributed by atoms with E-state index in [0.717, 1.165) is 24.9 Å². The van der Waals surface area contributed by atoms with Crippen molar-refractivity contribution in [2.45, 2.75) is 38.8 Å². The Morgan fingerprint density at radius 2 is 2.05 bits per heavy atom. The van der Waals surface area contributed by atoms with Crippen LogP contribution < -0.4 is 11.5 Å². The maximum atomic E-state index is 11.3. The van der Waals surface area contributed by atoms with E-state index in [1.165, 1.54) is 0 Å². The van der Waals surface area contributed by atoms with E-state index in [9.17, 15) is 4.79 Å². The summed E-state index contributed by atoms with van der Waals surface area (Å²) in [7, 11) is 0. The van der Waals surface area contributed by atoms with Crippen molar-refractivity contribution in [1.29, 1.82) is 0 Å². The minimum absolute atomic E-state index is 0.0120. The molecule has 0 fully saturated rings. The molecule has 5 heteroatoms. The Labute approximate surface area is 115 Å². The molecule has 19 heavy (non-hydrogen) atoms. The summed E-state index contributed by atoms with van der Waals surface area (Å²) >= 11 is 0. The summed E-state index contributed by atoms with van der Waals surface area (Å²) in [6.45, 7) is 5.11. The van der Waals surface area contributed by atoms with Crippen molar-refractivity contribution in [3.8, 4) is 0 Å². The number of nitrogens with zero attached hydrogens (tertiary/aromatic N) is 2. The number of aromatic nitrogens is 1. The van der Waals surface area contributed by atoms with E-state index < -0.39 is 0 Å². The second-order valence-electron chi connectivity index (χ2n) is 4.87. The Morgan fingerprint density at radius 1 is 1.42 bits per heavy atom. The minimum atomic E-state index is -0.323. The molecule has 4 N–H and O–H groups in total. The predicted octanol–water partition coefficient (Wildman–Crippen LogP) is 1.06. The van der Waals surface area contributed by atoms with Crippen molar-refractivity contribution < 1.29 is 4.79 Å². The van der Waals surface area contributed by atoms with Crippen LogP contribution in [-0.2, 0) is 4.79 Å². The van der Waals surface area contributed by atoms with Gasteiger partial charge >= 0.3 is 0 Å². The Hall–Kier alpha value is -1.46. The van der Waals surface area contributed by atoms with E-state index in [1.54, 1.807) is 12.4 Å². The first-order valence-electron chi connectivity index (χ1n) is 6.74. The van der Waals surface area contributed by atoms with Gasteiger partial charge in [-0.25, -0.2) is 0 Å². The van der Waals surface area contributed by atoms with Crippen LogP contribution in [0.2, 0.25) is 0 Å². The van der Waals surface area contributed by atoms with Crippen LogP contribution in [0.4, 0.5) is 0 Å². The average Bonchev–Trinajstić information content (AvgIpc) is 2.36. The summed E-state index contributed by atoms with van der Waals surface area (Å²) in [5.74, 6) is -0.323. The summed E-state index contributed by atoms with van der Waals surface area (Å²) in [6, 6.07) is 3.78. The third-order valence-electron chi connectivity index (χ3n) is 3.10. The quantitative estimate of drug-likeness (QED) is 0.735. The van der Waals surface area contributed by atoms with Crippen LogP contribution in [0.1, 0.15) is 38.3 Å². The zero-order valence-electron chi connectivity index (χ0n) is 11.7. The van der Waals surface area contributed by atoms with Crippen LogP contribution in [0.3, 0.4) is 0 Å². The normalized spacial score (nSPS) is 14.3. The fourth-order valence-corrected chi connectivity index (χ4v) is 2.29. The summed E-state index contributed by atoms with van der Waals surface area (Å²) in [5, 5.41) is 0. The number of primary amides is 1. The highest BCUT2D eigenvalue weighted by atomic mass is 16.1. The molecule has 1 heterocycles. The van der Waals surface area contributed by atoms with Gasteiger partial charge in [0.2, 0.25) is 5.91 Å². The number of hydrogen-bond donors (Lipinski definition) is 2. The second kappa shape index (κ2) is 7.86. The molecule has 2 atom stereocenters. The number of hydrogen-bond acceptors (Lipinski definition) is 4.